The molecule has 0 radical (unpaired) electrons. The lowest BCUT2D eigenvalue weighted by Crippen LogP contribution is -2.03. The largest absolute Gasteiger partial charge is 0.239 e. The molecule has 0 aliphatic heterocycles. The van der Waals surface area contributed by atoms with Gasteiger partial charge in [0.15, 0.2) is 11.0 Å². The molecule has 2 rings (SSSR count). The molecule has 0 N–H and O–H groups in total. The van der Waals surface area contributed by atoms with Gasteiger partial charge in [-0.1, -0.05) is 11.6 Å². The number of rotatable bonds is 1. The molecule has 0 bridgehead atoms. The first-order valence-corrected chi connectivity index (χ1v) is 5.47. The zero-order chi connectivity index (χ0) is 11.0. The smallest absolute Gasteiger partial charge is 0.191 e. The van der Waals surface area contributed by atoms with E-state index in [1.807, 2.05) is 13.8 Å². The van der Waals surface area contributed by atoms with Crippen LogP contribution in [-0.2, 0) is 0 Å². The van der Waals surface area contributed by atoms with Crippen LogP contribution in [0.4, 0.5) is 0 Å². The highest BCUT2D eigenvalue weighted by Crippen LogP contribution is 2.24. The monoisotopic (exact) mass is 286 g/mol. The highest BCUT2D eigenvalue weighted by atomic mass is 79.9. The molecule has 0 aromatic carbocycles. The average Bonchev–Trinajstić information content (AvgIpc) is 2.47. The lowest BCUT2D eigenvalue weighted by Gasteiger charge is -2.03. The molecule has 0 aliphatic carbocycles. The highest BCUT2D eigenvalue weighted by Gasteiger charge is 2.13. The van der Waals surface area contributed by atoms with Crippen LogP contribution in [0.3, 0.4) is 0 Å². The van der Waals surface area contributed by atoms with Crippen molar-refractivity contribution in [1.29, 1.82) is 0 Å². The minimum atomic E-state index is 0.343. The Morgan fingerprint density at radius 1 is 1.27 bits per heavy atom. The van der Waals surface area contributed by atoms with E-state index in [0.29, 0.717) is 11.0 Å². The summed E-state index contributed by atoms with van der Waals surface area (Å²) < 4.78 is 2.64. The fourth-order valence-electron chi connectivity index (χ4n) is 1.29. The lowest BCUT2D eigenvalue weighted by atomic mass is 10.4. The van der Waals surface area contributed by atoms with Crippen LogP contribution >= 0.6 is 27.5 Å². The van der Waals surface area contributed by atoms with E-state index >= 15 is 0 Å². The summed E-state index contributed by atoms with van der Waals surface area (Å²) in [6.07, 6.45) is 3.14. The third kappa shape index (κ3) is 1.77. The van der Waals surface area contributed by atoms with Crippen molar-refractivity contribution in [2.24, 2.45) is 0 Å². The summed E-state index contributed by atoms with van der Waals surface area (Å²) in [5, 5.41) is 4.67. The van der Waals surface area contributed by atoms with Crippen molar-refractivity contribution < 1.29 is 0 Å². The van der Waals surface area contributed by atoms with E-state index in [-0.39, 0.29) is 0 Å². The molecule has 0 amide bonds. The van der Waals surface area contributed by atoms with Gasteiger partial charge in [0.2, 0.25) is 0 Å². The standard InChI is InChI=1S/C9H8BrClN4/c1-5-7(10)6(2)15(14-5)9-8(11)12-3-4-13-9/h3-4H,1-2H3. The van der Waals surface area contributed by atoms with Crippen LogP contribution in [-0.4, -0.2) is 19.7 Å². The van der Waals surface area contributed by atoms with Gasteiger partial charge in [-0.3, -0.25) is 0 Å². The van der Waals surface area contributed by atoms with Crippen LogP contribution in [0.15, 0.2) is 16.9 Å². The first kappa shape index (κ1) is 10.6. The summed E-state index contributed by atoms with van der Waals surface area (Å²) >= 11 is 9.39. The second-order valence-corrected chi connectivity index (χ2v) is 4.22. The summed E-state index contributed by atoms with van der Waals surface area (Å²) in [7, 11) is 0. The van der Waals surface area contributed by atoms with E-state index in [1.165, 1.54) is 0 Å². The topological polar surface area (TPSA) is 43.6 Å². The maximum absolute atomic E-state index is 5.94. The Hall–Kier alpha value is -0.940. The molecule has 0 fully saturated rings. The van der Waals surface area contributed by atoms with Gasteiger partial charge in [-0.25, -0.2) is 14.6 Å². The first-order chi connectivity index (χ1) is 7.11. The third-order valence-electron chi connectivity index (χ3n) is 2.04. The molecule has 0 unspecified atom stereocenters. The van der Waals surface area contributed by atoms with Crippen LogP contribution in [0.2, 0.25) is 5.15 Å². The van der Waals surface area contributed by atoms with Gasteiger partial charge < -0.3 is 0 Å². The van der Waals surface area contributed by atoms with Crippen molar-refractivity contribution >= 4 is 27.5 Å². The zero-order valence-electron chi connectivity index (χ0n) is 8.20. The maximum Gasteiger partial charge on any atom is 0.191 e. The quantitative estimate of drug-likeness (QED) is 0.810. The van der Waals surface area contributed by atoms with Crippen molar-refractivity contribution in [3.63, 3.8) is 0 Å². The maximum atomic E-state index is 5.94. The predicted octanol–water partition coefficient (Wildman–Crippen LogP) is 2.70. The Labute approximate surface area is 100 Å². The van der Waals surface area contributed by atoms with Gasteiger partial charge in [0.1, 0.15) is 0 Å². The summed E-state index contributed by atoms with van der Waals surface area (Å²) in [5.74, 6) is 0.547. The molecule has 0 saturated heterocycles. The second-order valence-electron chi connectivity index (χ2n) is 3.07. The molecular formula is C9H8BrClN4. The SMILES string of the molecule is Cc1nn(-c2nccnc2Cl)c(C)c1Br. The number of aromatic nitrogens is 4. The number of hydrogen-bond donors (Lipinski definition) is 0. The molecule has 2 heterocycles. The van der Waals surface area contributed by atoms with E-state index in [4.69, 9.17) is 11.6 Å². The van der Waals surface area contributed by atoms with Crippen LogP contribution in [0.5, 0.6) is 0 Å². The highest BCUT2D eigenvalue weighted by molar-refractivity contribution is 9.10. The first-order valence-electron chi connectivity index (χ1n) is 4.30. The Morgan fingerprint density at radius 3 is 2.47 bits per heavy atom. The second kappa shape index (κ2) is 3.90. The van der Waals surface area contributed by atoms with Crippen LogP contribution in [0.1, 0.15) is 11.4 Å². The van der Waals surface area contributed by atoms with Crippen molar-refractivity contribution in [3.8, 4) is 5.82 Å². The minimum Gasteiger partial charge on any atom is -0.239 e. The predicted molar refractivity (Wildman–Crippen MR) is 61.3 cm³/mol. The molecule has 4 nitrogen and oxygen atoms in total. The number of nitrogens with zero attached hydrogens (tertiary/aromatic N) is 4. The normalized spacial score (nSPS) is 10.7. The van der Waals surface area contributed by atoms with E-state index in [2.05, 4.69) is 31.0 Å². The number of aryl methyl sites for hydroxylation is 1. The van der Waals surface area contributed by atoms with Crippen LogP contribution < -0.4 is 0 Å². The Morgan fingerprint density at radius 2 is 1.93 bits per heavy atom. The van der Waals surface area contributed by atoms with E-state index in [9.17, 15) is 0 Å². The van der Waals surface area contributed by atoms with Gasteiger partial charge in [0, 0.05) is 12.4 Å². The van der Waals surface area contributed by atoms with E-state index < -0.39 is 0 Å². The molecule has 0 atom stereocenters. The molecule has 15 heavy (non-hydrogen) atoms. The van der Waals surface area contributed by atoms with Gasteiger partial charge in [-0.05, 0) is 29.8 Å². The molecule has 78 valence electrons. The molecule has 6 heteroatoms. The van der Waals surface area contributed by atoms with Gasteiger partial charge in [0.25, 0.3) is 0 Å². The molecule has 0 spiro atoms. The minimum absolute atomic E-state index is 0.343. The molecule has 0 aliphatic rings. The Kier molecular flexibility index (Phi) is 2.75. The van der Waals surface area contributed by atoms with Crippen LogP contribution in [0, 0.1) is 13.8 Å². The summed E-state index contributed by atoms with van der Waals surface area (Å²) in [4.78, 5) is 8.11. The number of hydrogen-bond acceptors (Lipinski definition) is 3. The number of halogens is 2. The Balaban J connectivity index is 2.65. The van der Waals surface area contributed by atoms with E-state index in [0.717, 1.165) is 15.9 Å². The molecular weight excluding hydrogens is 279 g/mol. The van der Waals surface area contributed by atoms with E-state index in [1.54, 1.807) is 17.1 Å². The van der Waals surface area contributed by atoms with Gasteiger partial charge in [0.05, 0.1) is 15.9 Å². The van der Waals surface area contributed by atoms with Crippen molar-refractivity contribution in [2.45, 2.75) is 13.8 Å². The van der Waals surface area contributed by atoms with Gasteiger partial charge in [-0.15, -0.1) is 0 Å². The fraction of sp³-hybridized carbons (Fsp3) is 0.222. The molecule has 0 saturated carbocycles. The fourth-order valence-corrected chi connectivity index (χ4v) is 1.72. The lowest BCUT2D eigenvalue weighted by molar-refractivity contribution is 0.799. The van der Waals surface area contributed by atoms with Crippen molar-refractivity contribution in [1.82, 2.24) is 19.7 Å². The van der Waals surface area contributed by atoms with Crippen molar-refractivity contribution in [3.05, 3.63) is 33.4 Å². The zero-order valence-corrected chi connectivity index (χ0v) is 10.5. The van der Waals surface area contributed by atoms with Crippen molar-refractivity contribution in [2.75, 3.05) is 0 Å². The average molecular weight is 288 g/mol. The summed E-state index contributed by atoms with van der Waals surface area (Å²) in [5.41, 5.74) is 1.85. The molecule has 2 aromatic heterocycles. The van der Waals surface area contributed by atoms with Gasteiger partial charge >= 0.3 is 0 Å². The summed E-state index contributed by atoms with van der Waals surface area (Å²) in [6.45, 7) is 3.85. The third-order valence-corrected chi connectivity index (χ3v) is 3.45. The van der Waals surface area contributed by atoms with Crippen LogP contribution in [0.25, 0.3) is 5.82 Å². The van der Waals surface area contributed by atoms with Gasteiger partial charge in [-0.2, -0.15) is 5.10 Å². The molecule has 2 aromatic rings. The Bertz CT molecular complexity index is 509. The summed E-state index contributed by atoms with van der Waals surface area (Å²) in [6, 6.07) is 0.